The van der Waals surface area contributed by atoms with Gasteiger partial charge in [-0.25, -0.2) is 0 Å². The lowest BCUT2D eigenvalue weighted by Gasteiger charge is -2.48. The summed E-state index contributed by atoms with van der Waals surface area (Å²) in [5.41, 5.74) is 2.68. The molecule has 2 fully saturated rings. The van der Waals surface area contributed by atoms with Crippen LogP contribution in [0.4, 0.5) is 0 Å². The lowest BCUT2D eigenvalue weighted by Crippen LogP contribution is -2.56. The molecule has 4 heteroatoms. The van der Waals surface area contributed by atoms with E-state index in [2.05, 4.69) is 29.2 Å². The quantitative estimate of drug-likeness (QED) is 0.724. The molecule has 0 saturated carbocycles. The first kappa shape index (κ1) is 12.4. The third kappa shape index (κ3) is 1.58. The molecule has 20 heavy (non-hydrogen) atoms. The van der Waals surface area contributed by atoms with Crippen molar-refractivity contribution >= 4 is 5.97 Å². The van der Waals surface area contributed by atoms with Gasteiger partial charge in [0, 0.05) is 12.6 Å². The summed E-state index contributed by atoms with van der Waals surface area (Å²) in [6.45, 7) is 2.88. The number of carbonyl (C=O) groups excluding carboxylic acids is 1. The van der Waals surface area contributed by atoms with Crippen LogP contribution in [0.25, 0.3) is 0 Å². The summed E-state index contributed by atoms with van der Waals surface area (Å²) in [5, 5.41) is 10.4. The topological polar surface area (TPSA) is 49.8 Å². The molecule has 0 aromatic heterocycles. The van der Waals surface area contributed by atoms with Crippen LogP contribution in [0.3, 0.4) is 0 Å². The zero-order valence-corrected chi connectivity index (χ0v) is 11.5. The summed E-state index contributed by atoms with van der Waals surface area (Å²) in [7, 11) is 0. The van der Waals surface area contributed by atoms with Crippen molar-refractivity contribution in [1.82, 2.24) is 4.90 Å². The average Bonchev–Trinajstić information content (AvgIpc) is 2.75. The Balaban J connectivity index is 1.76. The SMILES string of the molecule is C[C@H]1OC(=O)[C@H]2[C@H]1N1CCc3ccccc3[C@H]1C[C@H]2O. The molecule has 3 aliphatic heterocycles. The predicted molar refractivity (Wildman–Crippen MR) is 73.0 cm³/mol. The molecule has 5 atom stereocenters. The number of cyclic esters (lactones) is 1. The Morgan fingerprint density at radius 3 is 3.00 bits per heavy atom. The Morgan fingerprint density at radius 2 is 2.15 bits per heavy atom. The first-order valence-corrected chi connectivity index (χ1v) is 7.39. The van der Waals surface area contributed by atoms with Crippen molar-refractivity contribution in [1.29, 1.82) is 0 Å². The van der Waals surface area contributed by atoms with Crippen LogP contribution in [-0.2, 0) is 16.0 Å². The maximum Gasteiger partial charge on any atom is 0.313 e. The minimum atomic E-state index is -0.593. The third-order valence-corrected chi connectivity index (χ3v) is 5.14. The smallest absolute Gasteiger partial charge is 0.313 e. The van der Waals surface area contributed by atoms with Crippen LogP contribution >= 0.6 is 0 Å². The fourth-order valence-corrected chi connectivity index (χ4v) is 4.29. The van der Waals surface area contributed by atoms with Crippen LogP contribution in [0.15, 0.2) is 24.3 Å². The molecule has 3 heterocycles. The zero-order chi connectivity index (χ0) is 13.9. The number of benzene rings is 1. The second-order valence-corrected chi connectivity index (χ2v) is 6.16. The van der Waals surface area contributed by atoms with Crippen LogP contribution in [-0.4, -0.2) is 40.8 Å². The molecule has 0 spiro atoms. The molecular formula is C16H19NO3. The zero-order valence-electron chi connectivity index (χ0n) is 11.5. The highest BCUT2D eigenvalue weighted by Gasteiger charge is 2.55. The number of ether oxygens (including phenoxy) is 1. The number of aliphatic hydroxyl groups is 1. The number of carbonyl (C=O) groups is 1. The molecule has 0 radical (unpaired) electrons. The number of nitrogens with zero attached hydrogens (tertiary/aromatic N) is 1. The van der Waals surface area contributed by atoms with Gasteiger partial charge in [0.15, 0.2) is 0 Å². The number of hydrogen-bond acceptors (Lipinski definition) is 4. The largest absolute Gasteiger partial charge is 0.461 e. The van der Waals surface area contributed by atoms with Crippen molar-refractivity contribution in [3.05, 3.63) is 35.4 Å². The summed E-state index contributed by atoms with van der Waals surface area (Å²) < 4.78 is 5.37. The van der Waals surface area contributed by atoms with E-state index in [-0.39, 0.29) is 30.1 Å². The number of esters is 1. The van der Waals surface area contributed by atoms with Gasteiger partial charge in [-0.1, -0.05) is 24.3 Å². The average molecular weight is 273 g/mol. The van der Waals surface area contributed by atoms with E-state index in [1.807, 2.05) is 6.92 Å². The van der Waals surface area contributed by atoms with E-state index in [0.717, 1.165) is 13.0 Å². The van der Waals surface area contributed by atoms with Gasteiger partial charge in [0.05, 0.1) is 12.1 Å². The van der Waals surface area contributed by atoms with Gasteiger partial charge in [0.25, 0.3) is 0 Å². The molecule has 1 aromatic carbocycles. The van der Waals surface area contributed by atoms with E-state index in [1.165, 1.54) is 11.1 Å². The van der Waals surface area contributed by atoms with Gasteiger partial charge in [-0.2, -0.15) is 0 Å². The summed E-state index contributed by atoms with van der Waals surface area (Å²) in [4.78, 5) is 14.3. The molecule has 3 aliphatic rings. The van der Waals surface area contributed by atoms with Crippen LogP contribution < -0.4 is 0 Å². The van der Waals surface area contributed by atoms with Crippen molar-refractivity contribution in [3.63, 3.8) is 0 Å². The minimum absolute atomic E-state index is 0.0182. The van der Waals surface area contributed by atoms with Gasteiger partial charge < -0.3 is 9.84 Å². The molecule has 0 bridgehead atoms. The minimum Gasteiger partial charge on any atom is -0.461 e. The standard InChI is InChI=1S/C16H19NO3/c1-9-15-14(16(19)20-9)13(18)8-12-11-5-3-2-4-10(11)6-7-17(12)15/h2-5,9,12-15,18H,6-8H2,1H3/t9-,12-,13-,14-,15+/m1/s1. The highest BCUT2D eigenvalue weighted by molar-refractivity contribution is 5.77. The van der Waals surface area contributed by atoms with E-state index in [0.29, 0.717) is 6.42 Å². The van der Waals surface area contributed by atoms with Crippen molar-refractivity contribution in [3.8, 4) is 0 Å². The first-order valence-electron chi connectivity index (χ1n) is 7.39. The van der Waals surface area contributed by atoms with E-state index < -0.39 is 6.10 Å². The highest BCUT2D eigenvalue weighted by Crippen LogP contribution is 2.45. The van der Waals surface area contributed by atoms with Crippen molar-refractivity contribution in [2.24, 2.45) is 5.92 Å². The van der Waals surface area contributed by atoms with Gasteiger partial charge in [0.2, 0.25) is 0 Å². The van der Waals surface area contributed by atoms with E-state index in [9.17, 15) is 9.90 Å². The third-order valence-electron chi connectivity index (χ3n) is 5.14. The summed E-state index contributed by atoms with van der Waals surface area (Å²) >= 11 is 0. The van der Waals surface area contributed by atoms with Gasteiger partial charge in [0.1, 0.15) is 12.0 Å². The Bertz CT molecular complexity index is 558. The monoisotopic (exact) mass is 273 g/mol. The van der Waals surface area contributed by atoms with Crippen molar-refractivity contribution in [2.45, 2.75) is 44.1 Å². The molecule has 2 saturated heterocycles. The maximum absolute atomic E-state index is 11.9. The number of rotatable bonds is 0. The van der Waals surface area contributed by atoms with Crippen LogP contribution in [0.2, 0.25) is 0 Å². The van der Waals surface area contributed by atoms with Crippen LogP contribution in [0.1, 0.15) is 30.5 Å². The fourth-order valence-electron chi connectivity index (χ4n) is 4.29. The van der Waals surface area contributed by atoms with Gasteiger partial charge in [-0.05, 0) is 30.9 Å². The molecule has 106 valence electrons. The summed E-state index contributed by atoms with van der Waals surface area (Å²) in [6, 6.07) is 8.69. The Morgan fingerprint density at radius 1 is 1.35 bits per heavy atom. The van der Waals surface area contributed by atoms with E-state index >= 15 is 0 Å². The first-order chi connectivity index (χ1) is 9.66. The lowest BCUT2D eigenvalue weighted by atomic mass is 9.77. The maximum atomic E-state index is 11.9. The Labute approximate surface area is 118 Å². The van der Waals surface area contributed by atoms with E-state index in [4.69, 9.17) is 4.74 Å². The molecule has 0 unspecified atom stereocenters. The van der Waals surface area contributed by atoms with Crippen LogP contribution in [0.5, 0.6) is 0 Å². The van der Waals surface area contributed by atoms with Gasteiger partial charge in [-0.15, -0.1) is 0 Å². The van der Waals surface area contributed by atoms with Gasteiger partial charge >= 0.3 is 5.97 Å². The molecule has 0 amide bonds. The van der Waals surface area contributed by atoms with Crippen molar-refractivity contribution < 1.29 is 14.6 Å². The molecule has 1 aromatic rings. The molecule has 1 N–H and O–H groups in total. The molecule has 4 nitrogen and oxygen atoms in total. The fraction of sp³-hybridized carbons (Fsp3) is 0.562. The number of fused-ring (bicyclic) bond motifs is 5. The summed E-state index contributed by atoms with van der Waals surface area (Å²) in [6.07, 6.45) is 0.910. The molecule has 4 rings (SSSR count). The number of aliphatic hydroxyl groups excluding tert-OH is 1. The second kappa shape index (κ2) is 4.30. The normalized spacial score (nSPS) is 39.7. The van der Waals surface area contributed by atoms with Crippen molar-refractivity contribution in [2.75, 3.05) is 6.54 Å². The predicted octanol–water partition coefficient (Wildman–Crippen LogP) is 1.28. The molecular weight excluding hydrogens is 254 g/mol. The Kier molecular flexibility index (Phi) is 2.66. The number of hydrogen-bond donors (Lipinski definition) is 1. The number of piperidine rings is 1. The van der Waals surface area contributed by atoms with Crippen LogP contribution in [0, 0.1) is 5.92 Å². The Hall–Kier alpha value is -1.39. The van der Waals surface area contributed by atoms with Gasteiger partial charge in [-0.3, -0.25) is 9.69 Å². The highest BCUT2D eigenvalue weighted by atomic mass is 16.6. The van der Waals surface area contributed by atoms with E-state index in [1.54, 1.807) is 0 Å². The molecule has 0 aliphatic carbocycles. The lowest BCUT2D eigenvalue weighted by molar-refractivity contribution is -0.147. The second-order valence-electron chi connectivity index (χ2n) is 6.16. The summed E-state index contributed by atoms with van der Waals surface area (Å²) in [5.74, 6) is -0.598.